The smallest absolute Gasteiger partial charge is 0.347 e. The maximum atomic E-state index is 13.5. The molecule has 0 radical (unpaired) electrons. The summed E-state index contributed by atoms with van der Waals surface area (Å²) in [6.45, 7) is 7.58. The van der Waals surface area contributed by atoms with Crippen molar-refractivity contribution in [3.05, 3.63) is 71.8 Å². The van der Waals surface area contributed by atoms with Crippen LogP contribution in [0.15, 0.2) is 60.7 Å². The second kappa shape index (κ2) is 10.6. The quantitative estimate of drug-likeness (QED) is 0.453. The van der Waals surface area contributed by atoms with E-state index in [1.54, 1.807) is 0 Å². The van der Waals surface area contributed by atoms with E-state index in [0.29, 0.717) is 6.61 Å². The van der Waals surface area contributed by atoms with Crippen molar-refractivity contribution < 1.29 is 14.3 Å². The van der Waals surface area contributed by atoms with E-state index in [1.165, 1.54) is 19.3 Å². The predicted molar refractivity (Wildman–Crippen MR) is 116 cm³/mol. The largest absolute Gasteiger partial charge is 0.463 e. The molecule has 0 saturated carbocycles. The van der Waals surface area contributed by atoms with Crippen molar-refractivity contribution in [1.29, 1.82) is 0 Å². The van der Waals surface area contributed by atoms with E-state index in [1.807, 2.05) is 74.5 Å². The third-order valence-electron chi connectivity index (χ3n) is 5.36. The van der Waals surface area contributed by atoms with Crippen LogP contribution in [0.1, 0.15) is 50.7 Å². The van der Waals surface area contributed by atoms with Gasteiger partial charge in [0, 0.05) is 6.54 Å². The van der Waals surface area contributed by atoms with Crippen molar-refractivity contribution in [2.75, 3.05) is 26.2 Å². The lowest BCUT2D eigenvalue weighted by atomic mass is 9.85. The molecule has 0 spiro atoms. The average molecular weight is 396 g/mol. The Bertz CT molecular complexity index is 700. The first-order chi connectivity index (χ1) is 14.1. The molecule has 2 aromatic carbocycles. The highest BCUT2D eigenvalue weighted by atomic mass is 16.6. The van der Waals surface area contributed by atoms with Crippen LogP contribution in [0.3, 0.4) is 0 Å². The van der Waals surface area contributed by atoms with E-state index >= 15 is 0 Å². The van der Waals surface area contributed by atoms with E-state index in [-0.39, 0.29) is 12.1 Å². The number of benzene rings is 2. The number of carbonyl (C=O) groups excluding carboxylic acids is 1. The monoisotopic (exact) mass is 395 g/mol. The highest BCUT2D eigenvalue weighted by Crippen LogP contribution is 2.36. The van der Waals surface area contributed by atoms with Crippen molar-refractivity contribution in [1.82, 2.24) is 4.90 Å². The Labute approximate surface area is 174 Å². The molecule has 0 unspecified atom stereocenters. The molecule has 3 rings (SSSR count). The third-order valence-corrected chi connectivity index (χ3v) is 5.36. The Morgan fingerprint density at radius 3 is 2.00 bits per heavy atom. The Morgan fingerprint density at radius 2 is 1.48 bits per heavy atom. The molecule has 1 aliphatic heterocycles. The number of nitrogens with zero attached hydrogens (tertiary/aromatic N) is 1. The standard InChI is InChI=1S/C25H33NO3/c1-21(2)29-25(22-13-6-3-7-14-22,23-15-8-4-9-16-23)24(27)28-20-12-19-26-17-10-5-11-18-26/h3-4,6-9,13-16,21H,5,10-12,17-20H2,1-2H3. The minimum atomic E-state index is -1.26. The molecule has 0 bridgehead atoms. The van der Waals surface area contributed by atoms with Gasteiger partial charge in [0.2, 0.25) is 5.60 Å². The summed E-state index contributed by atoms with van der Waals surface area (Å²) in [7, 11) is 0. The van der Waals surface area contributed by atoms with Gasteiger partial charge < -0.3 is 14.4 Å². The molecule has 29 heavy (non-hydrogen) atoms. The van der Waals surface area contributed by atoms with E-state index in [4.69, 9.17) is 9.47 Å². The minimum Gasteiger partial charge on any atom is -0.463 e. The van der Waals surface area contributed by atoms with Gasteiger partial charge in [-0.05, 0) is 57.3 Å². The van der Waals surface area contributed by atoms with Crippen LogP contribution in [0.25, 0.3) is 0 Å². The van der Waals surface area contributed by atoms with Gasteiger partial charge in [-0.2, -0.15) is 0 Å². The van der Waals surface area contributed by atoms with Gasteiger partial charge in [-0.25, -0.2) is 4.79 Å². The summed E-state index contributed by atoms with van der Waals surface area (Å²) in [4.78, 5) is 16.0. The maximum absolute atomic E-state index is 13.5. The fourth-order valence-electron chi connectivity index (χ4n) is 4.02. The van der Waals surface area contributed by atoms with Crippen LogP contribution in [0, 0.1) is 0 Å². The predicted octanol–water partition coefficient (Wildman–Crippen LogP) is 4.77. The van der Waals surface area contributed by atoms with Crippen molar-refractivity contribution in [3.63, 3.8) is 0 Å². The molecule has 156 valence electrons. The number of piperidine rings is 1. The summed E-state index contributed by atoms with van der Waals surface area (Å²) < 4.78 is 12.2. The summed E-state index contributed by atoms with van der Waals surface area (Å²) in [5.41, 5.74) is 0.323. The van der Waals surface area contributed by atoms with Gasteiger partial charge in [0.05, 0.1) is 12.7 Å². The molecule has 4 nitrogen and oxygen atoms in total. The second-order valence-corrected chi connectivity index (χ2v) is 7.97. The molecule has 1 aliphatic rings. The van der Waals surface area contributed by atoms with Crippen LogP contribution in [-0.4, -0.2) is 43.2 Å². The van der Waals surface area contributed by atoms with Crippen molar-refractivity contribution in [2.45, 2.75) is 51.2 Å². The first-order valence-electron chi connectivity index (χ1n) is 10.8. The minimum absolute atomic E-state index is 0.142. The fourth-order valence-corrected chi connectivity index (χ4v) is 4.02. The molecule has 0 N–H and O–H groups in total. The molecule has 1 heterocycles. The highest BCUT2D eigenvalue weighted by molar-refractivity contribution is 5.86. The number of carbonyl (C=O) groups is 1. The number of hydrogen-bond donors (Lipinski definition) is 0. The Kier molecular flexibility index (Phi) is 7.84. The van der Waals surface area contributed by atoms with E-state index in [2.05, 4.69) is 4.90 Å². The first kappa shape index (κ1) is 21.5. The van der Waals surface area contributed by atoms with Crippen LogP contribution in [0.4, 0.5) is 0 Å². The van der Waals surface area contributed by atoms with Gasteiger partial charge in [-0.3, -0.25) is 0 Å². The summed E-state index contributed by atoms with van der Waals surface area (Å²) in [6.07, 6.45) is 4.57. The number of esters is 1. The zero-order valence-electron chi connectivity index (χ0n) is 17.7. The van der Waals surface area contributed by atoms with Crippen LogP contribution < -0.4 is 0 Å². The lowest BCUT2D eigenvalue weighted by Gasteiger charge is -2.34. The molecular formula is C25H33NO3. The molecule has 1 fully saturated rings. The molecule has 0 amide bonds. The van der Waals surface area contributed by atoms with Gasteiger partial charge in [0.25, 0.3) is 0 Å². The molecule has 0 atom stereocenters. The molecule has 2 aromatic rings. The van der Waals surface area contributed by atoms with Gasteiger partial charge in [-0.1, -0.05) is 67.1 Å². The van der Waals surface area contributed by atoms with E-state index in [9.17, 15) is 4.79 Å². The van der Waals surface area contributed by atoms with Crippen LogP contribution >= 0.6 is 0 Å². The Hall–Kier alpha value is -2.17. The van der Waals surface area contributed by atoms with E-state index in [0.717, 1.165) is 37.2 Å². The lowest BCUT2D eigenvalue weighted by molar-refractivity contribution is -0.173. The Balaban J connectivity index is 1.79. The molecule has 1 saturated heterocycles. The lowest BCUT2D eigenvalue weighted by Crippen LogP contribution is -2.43. The second-order valence-electron chi connectivity index (χ2n) is 7.97. The molecule has 0 aliphatic carbocycles. The van der Waals surface area contributed by atoms with Crippen LogP contribution in [-0.2, 0) is 19.9 Å². The fraction of sp³-hybridized carbons (Fsp3) is 0.480. The van der Waals surface area contributed by atoms with Crippen LogP contribution in [0.5, 0.6) is 0 Å². The molecule has 0 aromatic heterocycles. The van der Waals surface area contributed by atoms with Gasteiger partial charge >= 0.3 is 5.97 Å². The van der Waals surface area contributed by atoms with Crippen LogP contribution in [0.2, 0.25) is 0 Å². The summed E-state index contributed by atoms with van der Waals surface area (Å²) in [5, 5.41) is 0. The van der Waals surface area contributed by atoms with Crippen molar-refractivity contribution >= 4 is 5.97 Å². The number of hydrogen-bond acceptors (Lipinski definition) is 4. The maximum Gasteiger partial charge on any atom is 0.347 e. The van der Waals surface area contributed by atoms with Gasteiger partial charge in [0.15, 0.2) is 0 Å². The SMILES string of the molecule is CC(C)OC(C(=O)OCCCN1CCCCC1)(c1ccccc1)c1ccccc1. The topological polar surface area (TPSA) is 38.8 Å². The third kappa shape index (κ3) is 5.46. The summed E-state index contributed by atoms with van der Waals surface area (Å²) in [6, 6.07) is 19.3. The van der Waals surface area contributed by atoms with Gasteiger partial charge in [0.1, 0.15) is 0 Å². The van der Waals surface area contributed by atoms with Crippen molar-refractivity contribution in [2.24, 2.45) is 0 Å². The molecule has 4 heteroatoms. The zero-order valence-corrected chi connectivity index (χ0v) is 17.7. The molecular weight excluding hydrogens is 362 g/mol. The Morgan fingerprint density at radius 1 is 0.931 bits per heavy atom. The summed E-state index contributed by atoms with van der Waals surface area (Å²) in [5.74, 6) is -0.345. The average Bonchev–Trinajstić information content (AvgIpc) is 2.76. The summed E-state index contributed by atoms with van der Waals surface area (Å²) >= 11 is 0. The number of ether oxygens (including phenoxy) is 2. The number of rotatable bonds is 9. The normalized spacial score (nSPS) is 15.4. The number of likely N-dealkylation sites (tertiary alicyclic amines) is 1. The first-order valence-corrected chi connectivity index (χ1v) is 10.8. The zero-order chi connectivity index (χ0) is 20.5. The van der Waals surface area contributed by atoms with E-state index < -0.39 is 5.60 Å². The highest BCUT2D eigenvalue weighted by Gasteiger charge is 2.45. The van der Waals surface area contributed by atoms with Gasteiger partial charge in [-0.15, -0.1) is 0 Å². The van der Waals surface area contributed by atoms with Crippen molar-refractivity contribution in [3.8, 4) is 0 Å².